The fourth-order valence-electron chi connectivity index (χ4n) is 3.44. The second kappa shape index (κ2) is 10.4. The van der Waals surface area contributed by atoms with Crippen molar-refractivity contribution in [3.8, 4) is 17.2 Å². The highest BCUT2D eigenvalue weighted by Gasteiger charge is 2.28. The molecule has 1 atom stereocenters. The molecule has 1 amide bonds. The molecule has 0 bridgehead atoms. The molecule has 0 spiro atoms. The predicted molar refractivity (Wildman–Crippen MR) is 134 cm³/mol. The van der Waals surface area contributed by atoms with Crippen LogP contribution in [0.3, 0.4) is 0 Å². The molecule has 0 aliphatic rings. The number of amides is 1. The Bertz CT molecular complexity index is 1490. The number of anilines is 1. The Morgan fingerprint density at radius 3 is 2.17 bits per heavy atom. The van der Waals surface area contributed by atoms with Crippen molar-refractivity contribution in [1.29, 1.82) is 5.26 Å². The van der Waals surface area contributed by atoms with Gasteiger partial charge in [0.1, 0.15) is 6.04 Å². The summed E-state index contributed by atoms with van der Waals surface area (Å²) in [5.74, 6) is -0.922. The predicted octanol–water partition coefficient (Wildman–Crippen LogP) is 3.57. The molecule has 0 radical (unpaired) electrons. The Kier molecular flexibility index (Phi) is 7.75. The van der Waals surface area contributed by atoms with Gasteiger partial charge in [0.2, 0.25) is 15.9 Å². The van der Waals surface area contributed by atoms with Gasteiger partial charge in [-0.1, -0.05) is 50.2 Å². The summed E-state index contributed by atoms with van der Waals surface area (Å²) in [6.07, 6.45) is 1.14. The molecule has 0 heterocycles. The number of hydrogen-bond acceptors (Lipinski definition) is 6. The van der Waals surface area contributed by atoms with Gasteiger partial charge in [0.05, 0.1) is 21.4 Å². The molecule has 0 saturated heterocycles. The van der Waals surface area contributed by atoms with Crippen LogP contribution in [0.25, 0.3) is 11.1 Å². The first kappa shape index (κ1) is 26.1. The number of carbonyl (C=O) groups excluding carboxylic acids is 1. The maximum absolute atomic E-state index is 13.0. The molecular weight excluding hydrogens is 486 g/mol. The van der Waals surface area contributed by atoms with Gasteiger partial charge in [-0.2, -0.15) is 9.98 Å². The number of hydrogen-bond donors (Lipinski definition) is 2. The lowest BCUT2D eigenvalue weighted by Gasteiger charge is -2.22. The van der Waals surface area contributed by atoms with Crippen LogP contribution in [0, 0.1) is 17.2 Å². The van der Waals surface area contributed by atoms with E-state index in [1.165, 1.54) is 30.3 Å². The molecule has 0 fully saturated rings. The lowest BCUT2D eigenvalue weighted by atomic mass is 10.0. The summed E-state index contributed by atoms with van der Waals surface area (Å²) in [5, 5.41) is 11.7. The van der Waals surface area contributed by atoms with Crippen LogP contribution in [0.2, 0.25) is 0 Å². The quantitative estimate of drug-likeness (QED) is 0.475. The van der Waals surface area contributed by atoms with Crippen LogP contribution in [-0.2, 0) is 24.7 Å². The van der Waals surface area contributed by atoms with E-state index in [1.807, 2.05) is 6.07 Å². The minimum Gasteiger partial charge on any atom is -0.325 e. The smallest absolute Gasteiger partial charge is 0.242 e. The van der Waals surface area contributed by atoms with Gasteiger partial charge in [0.25, 0.3) is 0 Å². The third-order valence-corrected chi connectivity index (χ3v) is 7.85. The largest absolute Gasteiger partial charge is 0.325 e. The van der Waals surface area contributed by atoms with E-state index in [2.05, 4.69) is 10.0 Å². The summed E-state index contributed by atoms with van der Waals surface area (Å²) in [4.78, 5) is 13.1. The van der Waals surface area contributed by atoms with Crippen LogP contribution in [0.1, 0.15) is 19.4 Å². The van der Waals surface area contributed by atoms with Gasteiger partial charge >= 0.3 is 0 Å². The zero-order valence-electron chi connectivity index (χ0n) is 19.4. The fourth-order valence-corrected chi connectivity index (χ4v) is 5.74. The monoisotopic (exact) mass is 511 g/mol. The first-order valence-corrected chi connectivity index (χ1v) is 14.0. The number of carbonyl (C=O) groups is 1. The van der Waals surface area contributed by atoms with Crippen molar-refractivity contribution < 1.29 is 21.6 Å². The molecule has 3 aromatic carbocycles. The molecule has 2 N–H and O–H groups in total. The van der Waals surface area contributed by atoms with Crippen LogP contribution in [0.4, 0.5) is 5.69 Å². The van der Waals surface area contributed by atoms with Crippen molar-refractivity contribution in [2.75, 3.05) is 11.6 Å². The minimum atomic E-state index is -4.05. The number of sulfone groups is 1. The van der Waals surface area contributed by atoms with E-state index in [4.69, 9.17) is 5.26 Å². The van der Waals surface area contributed by atoms with Gasteiger partial charge in [0, 0.05) is 17.5 Å². The van der Waals surface area contributed by atoms with Crippen LogP contribution >= 0.6 is 0 Å². The van der Waals surface area contributed by atoms with Crippen molar-refractivity contribution in [3.63, 3.8) is 0 Å². The van der Waals surface area contributed by atoms with Crippen LogP contribution in [0.15, 0.2) is 82.6 Å². The topological polar surface area (TPSA) is 133 Å². The van der Waals surface area contributed by atoms with Crippen molar-refractivity contribution in [3.05, 3.63) is 78.4 Å². The third kappa shape index (κ3) is 6.33. The molecule has 182 valence electrons. The maximum atomic E-state index is 13.0. The number of sulfonamides is 1. The van der Waals surface area contributed by atoms with Gasteiger partial charge < -0.3 is 5.32 Å². The number of benzene rings is 3. The van der Waals surface area contributed by atoms with Crippen LogP contribution in [0.5, 0.6) is 0 Å². The van der Waals surface area contributed by atoms with Crippen molar-refractivity contribution >= 4 is 31.5 Å². The van der Waals surface area contributed by atoms with Crippen molar-refractivity contribution in [2.45, 2.75) is 29.7 Å². The molecule has 10 heteroatoms. The Balaban J connectivity index is 1.81. The third-order valence-electron chi connectivity index (χ3n) is 5.25. The Morgan fingerprint density at radius 1 is 0.914 bits per heavy atom. The van der Waals surface area contributed by atoms with Gasteiger partial charge in [0.15, 0.2) is 9.84 Å². The summed E-state index contributed by atoms with van der Waals surface area (Å²) < 4.78 is 52.3. The minimum absolute atomic E-state index is 0.108. The summed E-state index contributed by atoms with van der Waals surface area (Å²) in [5.41, 5.74) is 1.81. The zero-order chi connectivity index (χ0) is 25.8. The molecule has 0 aliphatic carbocycles. The Labute approximate surface area is 205 Å². The first-order chi connectivity index (χ1) is 16.4. The van der Waals surface area contributed by atoms with E-state index < -0.39 is 31.8 Å². The highest BCUT2D eigenvalue weighted by atomic mass is 32.2. The highest BCUT2D eigenvalue weighted by Crippen LogP contribution is 2.28. The van der Waals surface area contributed by atoms with E-state index >= 15 is 0 Å². The molecular formula is C25H25N3O5S2. The Morgan fingerprint density at radius 2 is 1.57 bits per heavy atom. The van der Waals surface area contributed by atoms with E-state index in [0.29, 0.717) is 16.8 Å². The van der Waals surface area contributed by atoms with Crippen LogP contribution < -0.4 is 10.0 Å². The normalized spacial score (nSPS) is 12.7. The summed E-state index contributed by atoms with van der Waals surface area (Å²) in [7, 11) is -7.48. The molecule has 35 heavy (non-hydrogen) atoms. The van der Waals surface area contributed by atoms with E-state index in [9.17, 15) is 21.6 Å². The molecule has 8 nitrogen and oxygen atoms in total. The molecule has 1 unspecified atom stereocenters. The summed E-state index contributed by atoms with van der Waals surface area (Å²) in [6, 6.07) is 19.6. The maximum Gasteiger partial charge on any atom is 0.242 e. The van der Waals surface area contributed by atoms with E-state index in [0.717, 1.165) is 6.26 Å². The summed E-state index contributed by atoms with van der Waals surface area (Å²) in [6.45, 7) is 3.42. The van der Waals surface area contributed by atoms with E-state index in [-0.39, 0.29) is 21.3 Å². The highest BCUT2D eigenvalue weighted by molar-refractivity contribution is 7.91. The lowest BCUT2D eigenvalue weighted by Crippen LogP contribution is -2.47. The molecule has 3 rings (SSSR count). The van der Waals surface area contributed by atoms with E-state index in [1.54, 1.807) is 56.3 Å². The molecule has 3 aromatic rings. The SMILES string of the molecule is CC(C)C(NS(=O)(=O)c1cccc(C#N)c1)C(=O)Nc1ccc(-c2ccccc2S(C)(=O)=O)cc1. The average Bonchev–Trinajstić information content (AvgIpc) is 2.82. The van der Waals surface area contributed by atoms with Gasteiger partial charge in [-0.15, -0.1) is 0 Å². The van der Waals surface area contributed by atoms with Crippen molar-refractivity contribution in [2.24, 2.45) is 5.92 Å². The molecule has 0 saturated carbocycles. The number of nitrogens with one attached hydrogen (secondary N) is 2. The van der Waals surface area contributed by atoms with Gasteiger partial charge in [-0.05, 0) is 47.9 Å². The van der Waals surface area contributed by atoms with Crippen LogP contribution in [-0.4, -0.2) is 35.0 Å². The lowest BCUT2D eigenvalue weighted by molar-refractivity contribution is -0.118. The van der Waals surface area contributed by atoms with Gasteiger partial charge in [-0.25, -0.2) is 16.8 Å². The van der Waals surface area contributed by atoms with Gasteiger partial charge in [-0.3, -0.25) is 4.79 Å². The standard InChI is InChI=1S/C25H25N3O5S2/c1-17(2)24(28-35(32,33)21-8-6-7-18(15-21)16-26)25(29)27-20-13-11-19(12-14-20)22-9-4-5-10-23(22)34(3,30)31/h4-15,17,24,28H,1-3H3,(H,27,29). The zero-order valence-corrected chi connectivity index (χ0v) is 21.0. The number of rotatable bonds is 8. The van der Waals surface area contributed by atoms with Crippen molar-refractivity contribution in [1.82, 2.24) is 4.72 Å². The number of nitriles is 1. The average molecular weight is 512 g/mol. The number of nitrogens with zero attached hydrogens (tertiary/aromatic N) is 1. The molecule has 0 aliphatic heterocycles. The fraction of sp³-hybridized carbons (Fsp3) is 0.200. The molecule has 0 aromatic heterocycles. The first-order valence-electron chi connectivity index (χ1n) is 10.7. The summed E-state index contributed by atoms with van der Waals surface area (Å²) >= 11 is 0. The Hall–Kier alpha value is -3.52. The second-order valence-corrected chi connectivity index (χ2v) is 12.0. The second-order valence-electron chi connectivity index (χ2n) is 8.32.